The maximum atomic E-state index is 12.0. The zero-order chi connectivity index (χ0) is 16.9. The van der Waals surface area contributed by atoms with Gasteiger partial charge in [0.05, 0.1) is 0 Å². The van der Waals surface area contributed by atoms with Crippen LogP contribution in [0.4, 0.5) is 5.13 Å². The van der Waals surface area contributed by atoms with Crippen molar-refractivity contribution in [2.24, 2.45) is 0 Å². The van der Waals surface area contributed by atoms with Gasteiger partial charge in [-0.2, -0.15) is 0 Å². The van der Waals surface area contributed by atoms with Crippen molar-refractivity contribution in [3.8, 4) is 0 Å². The molecule has 0 bridgehead atoms. The molecular formula is C18H17ClN2O2S. The number of benzene rings is 1. The summed E-state index contributed by atoms with van der Waals surface area (Å²) in [4.78, 5) is 17.3. The van der Waals surface area contributed by atoms with E-state index < -0.39 is 0 Å². The molecule has 1 N–H and O–H groups in total. The Morgan fingerprint density at radius 3 is 2.96 bits per heavy atom. The van der Waals surface area contributed by atoms with Crippen LogP contribution in [0.2, 0.25) is 5.02 Å². The highest BCUT2D eigenvalue weighted by Crippen LogP contribution is 2.22. The molecule has 0 unspecified atom stereocenters. The number of aryl methyl sites for hydroxylation is 2. The molecule has 6 heteroatoms. The van der Waals surface area contributed by atoms with Crippen molar-refractivity contribution >= 4 is 34.0 Å². The van der Waals surface area contributed by atoms with E-state index in [4.69, 9.17) is 16.0 Å². The fraction of sp³-hybridized carbons (Fsp3) is 0.222. The summed E-state index contributed by atoms with van der Waals surface area (Å²) < 4.78 is 5.46. The molecule has 3 aromatic rings. The van der Waals surface area contributed by atoms with Crippen LogP contribution in [0.1, 0.15) is 28.4 Å². The maximum Gasteiger partial charge on any atom is 0.226 e. The topological polar surface area (TPSA) is 55.1 Å². The first kappa shape index (κ1) is 16.7. The molecule has 1 aromatic carbocycles. The molecule has 4 nitrogen and oxygen atoms in total. The lowest BCUT2D eigenvalue weighted by Crippen LogP contribution is -2.11. The van der Waals surface area contributed by atoms with Crippen LogP contribution >= 0.6 is 22.9 Å². The van der Waals surface area contributed by atoms with E-state index in [2.05, 4.69) is 10.3 Å². The molecule has 0 aliphatic rings. The lowest BCUT2D eigenvalue weighted by Gasteiger charge is -2.00. The highest BCUT2D eigenvalue weighted by Gasteiger charge is 2.09. The average molecular weight is 361 g/mol. The molecule has 0 aliphatic heterocycles. The number of nitrogens with one attached hydrogen (secondary N) is 1. The van der Waals surface area contributed by atoms with E-state index in [9.17, 15) is 4.79 Å². The Kier molecular flexibility index (Phi) is 5.33. The SMILES string of the molecule is Cc1ccc(CCC(=O)Nc2ncc(Cc3cccc(Cl)c3)s2)o1. The van der Waals surface area contributed by atoms with Crippen molar-refractivity contribution < 1.29 is 9.21 Å². The van der Waals surface area contributed by atoms with Crippen molar-refractivity contribution in [3.63, 3.8) is 0 Å². The quantitative estimate of drug-likeness (QED) is 0.683. The molecule has 0 saturated carbocycles. The van der Waals surface area contributed by atoms with E-state index >= 15 is 0 Å². The van der Waals surface area contributed by atoms with Gasteiger partial charge in [0.15, 0.2) is 5.13 Å². The van der Waals surface area contributed by atoms with Gasteiger partial charge in [0.2, 0.25) is 5.91 Å². The molecule has 24 heavy (non-hydrogen) atoms. The zero-order valence-electron chi connectivity index (χ0n) is 13.2. The minimum Gasteiger partial charge on any atom is -0.466 e. The standard InChI is InChI=1S/C18H17ClN2O2S/c1-12-5-6-15(23-12)7-8-17(22)21-18-20-11-16(24-18)10-13-3-2-4-14(19)9-13/h2-6,9,11H,7-8,10H2,1H3,(H,20,21,22). The fourth-order valence-corrected chi connectivity index (χ4v) is 3.41. The summed E-state index contributed by atoms with van der Waals surface area (Å²) in [5, 5.41) is 4.18. The molecule has 0 aliphatic carbocycles. The number of rotatable bonds is 6. The van der Waals surface area contributed by atoms with Gasteiger partial charge in [0.1, 0.15) is 11.5 Å². The third-order valence-electron chi connectivity index (χ3n) is 3.46. The molecule has 1 amide bonds. The molecule has 0 saturated heterocycles. The number of nitrogens with zero attached hydrogens (tertiary/aromatic N) is 1. The van der Waals surface area contributed by atoms with Gasteiger partial charge in [-0.1, -0.05) is 23.7 Å². The third kappa shape index (κ3) is 4.69. The van der Waals surface area contributed by atoms with Crippen LogP contribution in [0.5, 0.6) is 0 Å². The van der Waals surface area contributed by atoms with Crippen LogP contribution in [0.3, 0.4) is 0 Å². The van der Waals surface area contributed by atoms with E-state index in [0.717, 1.165) is 33.4 Å². The van der Waals surface area contributed by atoms with E-state index in [1.54, 1.807) is 6.20 Å². The van der Waals surface area contributed by atoms with E-state index in [-0.39, 0.29) is 5.91 Å². The van der Waals surface area contributed by atoms with Crippen LogP contribution in [0.15, 0.2) is 47.0 Å². The van der Waals surface area contributed by atoms with Gasteiger partial charge in [-0.25, -0.2) is 4.98 Å². The number of carbonyl (C=O) groups excluding carboxylic acids is 1. The highest BCUT2D eigenvalue weighted by molar-refractivity contribution is 7.15. The first-order chi connectivity index (χ1) is 11.6. The van der Waals surface area contributed by atoms with Crippen LogP contribution in [0.25, 0.3) is 0 Å². The molecule has 2 aromatic heterocycles. The Bertz CT molecular complexity index is 841. The number of halogens is 1. The third-order valence-corrected chi connectivity index (χ3v) is 4.61. The van der Waals surface area contributed by atoms with Gasteiger partial charge < -0.3 is 9.73 Å². The number of anilines is 1. The van der Waals surface area contributed by atoms with Crippen LogP contribution in [0, 0.1) is 6.92 Å². The summed E-state index contributed by atoms with van der Waals surface area (Å²) in [6, 6.07) is 11.5. The number of furan rings is 1. The normalized spacial score (nSPS) is 10.8. The fourth-order valence-electron chi connectivity index (χ4n) is 2.33. The molecular weight excluding hydrogens is 344 g/mol. The Hall–Kier alpha value is -2.11. The summed E-state index contributed by atoms with van der Waals surface area (Å²) in [5.41, 5.74) is 1.12. The highest BCUT2D eigenvalue weighted by atomic mass is 35.5. The molecule has 0 atom stereocenters. The van der Waals surface area contributed by atoms with Gasteiger partial charge in [0, 0.05) is 35.4 Å². The second-order valence-corrected chi connectivity index (χ2v) is 7.05. The minimum atomic E-state index is -0.0623. The van der Waals surface area contributed by atoms with Crippen molar-refractivity contribution in [1.82, 2.24) is 4.98 Å². The number of thiazole rings is 1. The summed E-state index contributed by atoms with van der Waals surface area (Å²) in [6.45, 7) is 1.89. The van der Waals surface area contributed by atoms with Crippen molar-refractivity contribution in [2.75, 3.05) is 5.32 Å². The van der Waals surface area contributed by atoms with Gasteiger partial charge in [-0.3, -0.25) is 4.79 Å². The van der Waals surface area contributed by atoms with Crippen molar-refractivity contribution in [1.29, 1.82) is 0 Å². The number of hydrogen-bond acceptors (Lipinski definition) is 4. The van der Waals surface area contributed by atoms with Crippen LogP contribution in [-0.2, 0) is 17.6 Å². The summed E-state index contributed by atoms with van der Waals surface area (Å²) >= 11 is 7.47. The van der Waals surface area contributed by atoms with Crippen molar-refractivity contribution in [2.45, 2.75) is 26.2 Å². The molecule has 124 valence electrons. The number of aromatic nitrogens is 1. The summed E-state index contributed by atoms with van der Waals surface area (Å²) in [6.07, 6.45) is 3.49. The second-order valence-electron chi connectivity index (χ2n) is 5.50. The van der Waals surface area contributed by atoms with Crippen LogP contribution < -0.4 is 5.32 Å². The lowest BCUT2D eigenvalue weighted by atomic mass is 10.1. The maximum absolute atomic E-state index is 12.0. The Morgan fingerprint density at radius 1 is 1.33 bits per heavy atom. The lowest BCUT2D eigenvalue weighted by molar-refractivity contribution is -0.116. The largest absolute Gasteiger partial charge is 0.466 e. The predicted octanol–water partition coefficient (Wildman–Crippen LogP) is 4.86. The first-order valence-corrected chi connectivity index (χ1v) is 8.82. The smallest absolute Gasteiger partial charge is 0.226 e. The summed E-state index contributed by atoms with van der Waals surface area (Å²) in [5.74, 6) is 1.62. The molecule has 0 radical (unpaired) electrons. The number of amides is 1. The second kappa shape index (κ2) is 7.64. The average Bonchev–Trinajstić information content (AvgIpc) is 3.14. The van der Waals surface area contributed by atoms with Gasteiger partial charge in [0.25, 0.3) is 0 Å². The van der Waals surface area contributed by atoms with E-state index in [0.29, 0.717) is 18.0 Å². The Labute approximate surface area is 149 Å². The predicted molar refractivity (Wildman–Crippen MR) is 96.8 cm³/mol. The first-order valence-electron chi connectivity index (χ1n) is 7.63. The molecule has 0 spiro atoms. The molecule has 0 fully saturated rings. The minimum absolute atomic E-state index is 0.0623. The van der Waals surface area contributed by atoms with E-state index in [1.807, 2.05) is 43.3 Å². The molecule has 2 heterocycles. The van der Waals surface area contributed by atoms with Gasteiger partial charge >= 0.3 is 0 Å². The summed E-state index contributed by atoms with van der Waals surface area (Å²) in [7, 11) is 0. The molecule has 3 rings (SSSR count). The van der Waals surface area contributed by atoms with Gasteiger partial charge in [-0.05, 0) is 36.8 Å². The Morgan fingerprint density at radius 2 is 2.21 bits per heavy atom. The van der Waals surface area contributed by atoms with E-state index in [1.165, 1.54) is 11.3 Å². The number of hydrogen-bond donors (Lipinski definition) is 1. The monoisotopic (exact) mass is 360 g/mol. The number of carbonyl (C=O) groups is 1. The Balaban J connectivity index is 1.52. The zero-order valence-corrected chi connectivity index (χ0v) is 14.8. The van der Waals surface area contributed by atoms with Crippen LogP contribution in [-0.4, -0.2) is 10.9 Å². The van der Waals surface area contributed by atoms with Crippen molar-refractivity contribution in [3.05, 3.63) is 69.6 Å². The van der Waals surface area contributed by atoms with Gasteiger partial charge in [-0.15, -0.1) is 11.3 Å².